The number of ether oxygens (including phenoxy) is 1. The lowest BCUT2D eigenvalue weighted by Gasteiger charge is -2.28. The summed E-state index contributed by atoms with van der Waals surface area (Å²) >= 11 is 2.24. The van der Waals surface area contributed by atoms with E-state index in [0.29, 0.717) is 12.6 Å². The first-order chi connectivity index (χ1) is 9.53. The van der Waals surface area contributed by atoms with Crippen molar-refractivity contribution < 1.29 is 9.53 Å². The van der Waals surface area contributed by atoms with Crippen LogP contribution in [0.4, 0.5) is 0 Å². The third-order valence-corrected chi connectivity index (χ3v) is 4.05. The molecule has 0 aliphatic heterocycles. The van der Waals surface area contributed by atoms with Crippen molar-refractivity contribution in [2.75, 3.05) is 6.61 Å². The molecule has 0 bridgehead atoms. The molecule has 1 aliphatic carbocycles. The van der Waals surface area contributed by atoms with Gasteiger partial charge < -0.3 is 4.74 Å². The van der Waals surface area contributed by atoms with Crippen LogP contribution >= 0.6 is 22.6 Å². The highest BCUT2D eigenvalue weighted by Crippen LogP contribution is 2.26. The molecule has 0 radical (unpaired) electrons. The summed E-state index contributed by atoms with van der Waals surface area (Å²) in [7, 11) is 0. The first kappa shape index (κ1) is 15.8. The Morgan fingerprint density at radius 1 is 1.65 bits per heavy atom. The van der Waals surface area contributed by atoms with Gasteiger partial charge in [-0.1, -0.05) is 0 Å². The Morgan fingerprint density at radius 2 is 2.40 bits per heavy atom. The van der Waals surface area contributed by atoms with Crippen molar-refractivity contribution in [3.05, 3.63) is 16.0 Å². The van der Waals surface area contributed by atoms with Gasteiger partial charge in [0.2, 0.25) is 0 Å². The maximum Gasteiger partial charge on any atom is 0.326 e. The zero-order valence-corrected chi connectivity index (χ0v) is 14.2. The van der Waals surface area contributed by atoms with Crippen LogP contribution in [-0.2, 0) is 16.1 Å². The Bertz CT molecular complexity index is 459. The number of carbonyl (C=O) groups excluding carboxylic acids is 1. The Balaban J connectivity index is 1.87. The minimum absolute atomic E-state index is 0.137. The molecule has 1 N–H and O–H groups in total. The summed E-state index contributed by atoms with van der Waals surface area (Å²) in [6.07, 6.45) is 7.83. The summed E-state index contributed by atoms with van der Waals surface area (Å²) in [4.78, 5) is 12.2. The highest BCUT2D eigenvalue weighted by molar-refractivity contribution is 14.1. The molecule has 1 fully saturated rings. The highest BCUT2D eigenvalue weighted by atomic mass is 127. The van der Waals surface area contributed by atoms with E-state index < -0.39 is 5.54 Å². The Kier molecular flexibility index (Phi) is 5.42. The summed E-state index contributed by atoms with van der Waals surface area (Å²) in [6.45, 7) is 5.06. The fraction of sp³-hybridized carbons (Fsp3) is 0.714. The van der Waals surface area contributed by atoms with Crippen LogP contribution in [0.15, 0.2) is 12.4 Å². The molecular weight excluding hydrogens is 369 g/mol. The molecule has 112 valence electrons. The SMILES string of the molecule is CCOC(=O)C(C)(CCCn1cc(I)cn1)NC1CC1. The van der Waals surface area contributed by atoms with Crippen LogP contribution in [0.25, 0.3) is 0 Å². The molecule has 2 rings (SSSR count). The van der Waals surface area contributed by atoms with Gasteiger partial charge in [-0.25, -0.2) is 0 Å². The van der Waals surface area contributed by atoms with Gasteiger partial charge in [0.1, 0.15) is 5.54 Å². The van der Waals surface area contributed by atoms with Gasteiger partial charge in [-0.2, -0.15) is 5.10 Å². The predicted molar refractivity (Wildman–Crippen MR) is 85.4 cm³/mol. The number of carbonyl (C=O) groups is 1. The molecule has 1 aromatic heterocycles. The maximum atomic E-state index is 12.2. The quantitative estimate of drug-likeness (QED) is 0.546. The number of hydrogen-bond acceptors (Lipinski definition) is 4. The molecule has 1 atom stereocenters. The van der Waals surface area contributed by atoms with Gasteiger partial charge in [-0.3, -0.25) is 14.8 Å². The molecule has 6 heteroatoms. The first-order valence-corrected chi connectivity index (χ1v) is 8.24. The fourth-order valence-electron chi connectivity index (χ4n) is 2.26. The Hall–Kier alpha value is -0.630. The molecule has 0 amide bonds. The summed E-state index contributed by atoms with van der Waals surface area (Å²) < 4.78 is 8.27. The number of nitrogens with one attached hydrogen (secondary N) is 1. The van der Waals surface area contributed by atoms with Crippen LogP contribution < -0.4 is 5.32 Å². The van der Waals surface area contributed by atoms with Crippen LogP contribution in [-0.4, -0.2) is 33.9 Å². The summed E-state index contributed by atoms with van der Waals surface area (Å²) in [5.74, 6) is -0.137. The summed E-state index contributed by atoms with van der Waals surface area (Å²) in [5, 5.41) is 7.70. The monoisotopic (exact) mass is 391 g/mol. The van der Waals surface area contributed by atoms with Crippen molar-refractivity contribution >= 4 is 28.6 Å². The van der Waals surface area contributed by atoms with Crippen LogP contribution in [0, 0.1) is 3.57 Å². The molecule has 1 aliphatic rings. The number of nitrogens with zero attached hydrogens (tertiary/aromatic N) is 2. The average Bonchev–Trinajstić information content (AvgIpc) is 3.10. The van der Waals surface area contributed by atoms with Gasteiger partial charge in [-0.05, 0) is 62.1 Å². The summed E-state index contributed by atoms with van der Waals surface area (Å²) in [6, 6.07) is 0.482. The van der Waals surface area contributed by atoms with E-state index in [1.54, 1.807) is 0 Å². The van der Waals surface area contributed by atoms with Crippen LogP contribution in [0.2, 0.25) is 0 Å². The van der Waals surface area contributed by atoms with Gasteiger partial charge in [-0.15, -0.1) is 0 Å². The second-order valence-corrected chi connectivity index (χ2v) is 6.74. The second kappa shape index (κ2) is 6.89. The zero-order valence-electron chi connectivity index (χ0n) is 12.1. The first-order valence-electron chi connectivity index (χ1n) is 7.16. The topological polar surface area (TPSA) is 56.2 Å². The molecule has 0 aromatic carbocycles. The van der Waals surface area contributed by atoms with E-state index in [1.165, 1.54) is 0 Å². The third kappa shape index (κ3) is 4.44. The number of aromatic nitrogens is 2. The Morgan fingerprint density at radius 3 is 2.95 bits per heavy atom. The molecular formula is C14H22IN3O2. The van der Waals surface area contributed by atoms with Crippen molar-refractivity contribution in [1.82, 2.24) is 15.1 Å². The molecule has 1 aromatic rings. The summed E-state index contributed by atoms with van der Waals surface area (Å²) in [5.41, 5.74) is -0.572. The third-order valence-electron chi connectivity index (χ3n) is 3.49. The van der Waals surface area contributed by atoms with Crippen molar-refractivity contribution in [3.8, 4) is 0 Å². The van der Waals surface area contributed by atoms with Crippen LogP contribution in [0.3, 0.4) is 0 Å². The van der Waals surface area contributed by atoms with Gasteiger partial charge in [0, 0.05) is 18.8 Å². The molecule has 5 nitrogen and oxygen atoms in total. The molecule has 1 saturated carbocycles. The predicted octanol–water partition coefficient (Wildman–Crippen LogP) is 2.34. The van der Waals surface area contributed by atoms with E-state index in [9.17, 15) is 4.79 Å². The van der Waals surface area contributed by atoms with E-state index in [-0.39, 0.29) is 5.97 Å². The van der Waals surface area contributed by atoms with Crippen LogP contribution in [0.5, 0.6) is 0 Å². The minimum atomic E-state index is -0.572. The normalized spacial score (nSPS) is 17.8. The number of hydrogen-bond donors (Lipinski definition) is 1. The zero-order chi connectivity index (χ0) is 14.6. The van der Waals surface area contributed by atoms with E-state index in [1.807, 2.05) is 30.9 Å². The van der Waals surface area contributed by atoms with Crippen molar-refractivity contribution in [2.45, 2.75) is 57.7 Å². The van der Waals surface area contributed by atoms with Gasteiger partial charge in [0.15, 0.2) is 0 Å². The fourth-order valence-corrected chi connectivity index (χ4v) is 2.70. The number of aryl methyl sites for hydroxylation is 1. The number of esters is 1. The van der Waals surface area contributed by atoms with Crippen molar-refractivity contribution in [1.29, 1.82) is 0 Å². The van der Waals surface area contributed by atoms with Gasteiger partial charge >= 0.3 is 5.97 Å². The molecule has 1 heterocycles. The van der Waals surface area contributed by atoms with Crippen molar-refractivity contribution in [2.24, 2.45) is 0 Å². The van der Waals surface area contributed by atoms with Crippen molar-refractivity contribution in [3.63, 3.8) is 0 Å². The van der Waals surface area contributed by atoms with Crippen LogP contribution in [0.1, 0.15) is 39.5 Å². The Labute approximate surface area is 133 Å². The average molecular weight is 391 g/mol. The maximum absolute atomic E-state index is 12.2. The van der Waals surface area contributed by atoms with Gasteiger partial charge in [0.25, 0.3) is 0 Å². The lowest BCUT2D eigenvalue weighted by Crippen LogP contribution is -2.51. The molecule has 20 heavy (non-hydrogen) atoms. The standard InChI is InChI=1S/C14H22IN3O2/c1-3-20-13(19)14(2,17-12-5-6-12)7-4-8-18-10-11(15)9-16-18/h9-10,12,17H,3-8H2,1-2H3. The minimum Gasteiger partial charge on any atom is -0.465 e. The molecule has 0 saturated heterocycles. The second-order valence-electron chi connectivity index (χ2n) is 5.50. The van der Waals surface area contributed by atoms with E-state index in [2.05, 4.69) is 33.0 Å². The van der Waals surface area contributed by atoms with E-state index in [4.69, 9.17) is 4.74 Å². The number of halogens is 1. The highest BCUT2D eigenvalue weighted by Gasteiger charge is 2.39. The van der Waals surface area contributed by atoms with Gasteiger partial charge in [0.05, 0.1) is 16.4 Å². The van der Waals surface area contributed by atoms with E-state index in [0.717, 1.165) is 35.8 Å². The van der Waals surface area contributed by atoms with E-state index >= 15 is 0 Å². The lowest BCUT2D eigenvalue weighted by atomic mass is 9.95. The lowest BCUT2D eigenvalue weighted by molar-refractivity contribution is -0.151. The molecule has 0 spiro atoms. The number of rotatable bonds is 8. The smallest absolute Gasteiger partial charge is 0.326 e. The molecule has 1 unspecified atom stereocenters. The largest absolute Gasteiger partial charge is 0.465 e.